The fourth-order valence-corrected chi connectivity index (χ4v) is 1.95. The van der Waals surface area contributed by atoms with Crippen LogP contribution in [-0.2, 0) is 6.54 Å². The van der Waals surface area contributed by atoms with Gasteiger partial charge >= 0.3 is 6.03 Å². The number of nitrogens with zero attached hydrogens (tertiary/aromatic N) is 1. The summed E-state index contributed by atoms with van der Waals surface area (Å²) >= 11 is 1.70. The van der Waals surface area contributed by atoms with E-state index in [-0.39, 0.29) is 12.1 Å². The lowest BCUT2D eigenvalue weighted by Crippen LogP contribution is -2.38. The molecule has 0 saturated heterocycles. The van der Waals surface area contributed by atoms with Gasteiger partial charge in [-0.15, -0.1) is 11.8 Å². The highest BCUT2D eigenvalue weighted by Crippen LogP contribution is 2.14. The van der Waals surface area contributed by atoms with Gasteiger partial charge < -0.3 is 15.3 Å². The molecule has 1 rings (SSSR count). The molecular formula is C14H22N2O2S. The van der Waals surface area contributed by atoms with Crippen LogP contribution < -0.4 is 5.32 Å². The summed E-state index contributed by atoms with van der Waals surface area (Å²) in [4.78, 5) is 14.6. The first kappa shape index (κ1) is 15.9. The van der Waals surface area contributed by atoms with Gasteiger partial charge in [0.25, 0.3) is 0 Å². The fourth-order valence-electron chi connectivity index (χ4n) is 1.54. The number of benzene rings is 1. The van der Waals surface area contributed by atoms with Crippen LogP contribution in [-0.4, -0.2) is 42.0 Å². The van der Waals surface area contributed by atoms with Gasteiger partial charge in [-0.05, 0) is 37.3 Å². The molecule has 0 heterocycles. The number of rotatable bonds is 6. The molecule has 1 aromatic rings. The summed E-state index contributed by atoms with van der Waals surface area (Å²) in [6.45, 7) is 2.79. The molecule has 1 atom stereocenters. The van der Waals surface area contributed by atoms with E-state index in [1.165, 1.54) is 4.90 Å². The highest BCUT2D eigenvalue weighted by atomic mass is 32.2. The molecule has 2 N–H and O–H groups in total. The van der Waals surface area contributed by atoms with Gasteiger partial charge in [-0.2, -0.15) is 0 Å². The molecule has 5 heteroatoms. The van der Waals surface area contributed by atoms with Crippen LogP contribution >= 0.6 is 11.8 Å². The molecule has 106 valence electrons. The Bertz CT molecular complexity index is 393. The van der Waals surface area contributed by atoms with Crippen molar-refractivity contribution in [3.8, 4) is 0 Å². The van der Waals surface area contributed by atoms with Gasteiger partial charge in [-0.25, -0.2) is 4.79 Å². The predicted molar refractivity (Wildman–Crippen MR) is 79.4 cm³/mol. The number of nitrogens with one attached hydrogen (secondary N) is 1. The number of hydrogen-bond donors (Lipinski definition) is 2. The molecular weight excluding hydrogens is 260 g/mol. The minimum absolute atomic E-state index is 0.116. The summed E-state index contributed by atoms with van der Waals surface area (Å²) in [7, 11) is 1.73. The Morgan fingerprint density at radius 1 is 1.42 bits per heavy atom. The maximum absolute atomic E-state index is 11.8. The maximum Gasteiger partial charge on any atom is 0.317 e. The van der Waals surface area contributed by atoms with Crippen LogP contribution in [0.2, 0.25) is 0 Å². The second-order valence-electron chi connectivity index (χ2n) is 4.57. The molecule has 2 amide bonds. The van der Waals surface area contributed by atoms with Crippen molar-refractivity contribution in [3.05, 3.63) is 29.8 Å². The molecule has 0 aliphatic carbocycles. The molecule has 0 aromatic heterocycles. The molecule has 0 fully saturated rings. The standard InChI is InChI=1S/C14H22N2O2S/c1-11(17)8-9-16(2)14(18)15-10-12-4-6-13(19-3)7-5-12/h4-7,11,17H,8-10H2,1-3H3,(H,15,18). The Morgan fingerprint density at radius 3 is 2.58 bits per heavy atom. The maximum atomic E-state index is 11.8. The largest absolute Gasteiger partial charge is 0.393 e. The van der Waals surface area contributed by atoms with Crippen molar-refractivity contribution in [2.75, 3.05) is 19.8 Å². The van der Waals surface area contributed by atoms with E-state index in [1.807, 2.05) is 30.5 Å². The first-order chi connectivity index (χ1) is 9.02. The van der Waals surface area contributed by atoms with E-state index in [1.54, 1.807) is 30.6 Å². The molecule has 19 heavy (non-hydrogen) atoms. The minimum Gasteiger partial charge on any atom is -0.393 e. The molecule has 1 unspecified atom stereocenters. The predicted octanol–water partition coefficient (Wildman–Crippen LogP) is 2.32. The molecule has 1 aromatic carbocycles. The fraction of sp³-hybridized carbons (Fsp3) is 0.500. The summed E-state index contributed by atoms with van der Waals surface area (Å²) in [5.74, 6) is 0. The SMILES string of the molecule is CSc1ccc(CNC(=O)N(C)CCC(C)O)cc1. The summed E-state index contributed by atoms with van der Waals surface area (Å²) in [6, 6.07) is 8.01. The third kappa shape index (κ3) is 5.98. The van der Waals surface area contributed by atoms with Crippen LogP contribution in [0.1, 0.15) is 18.9 Å². The van der Waals surface area contributed by atoms with Crippen molar-refractivity contribution in [1.82, 2.24) is 10.2 Å². The molecule has 0 radical (unpaired) electrons. The lowest BCUT2D eigenvalue weighted by atomic mass is 10.2. The monoisotopic (exact) mass is 282 g/mol. The van der Waals surface area contributed by atoms with Crippen molar-refractivity contribution < 1.29 is 9.90 Å². The van der Waals surface area contributed by atoms with Crippen molar-refractivity contribution >= 4 is 17.8 Å². The summed E-state index contributed by atoms with van der Waals surface area (Å²) in [5, 5.41) is 12.0. The number of hydrogen-bond acceptors (Lipinski definition) is 3. The lowest BCUT2D eigenvalue weighted by molar-refractivity contribution is 0.163. The number of carbonyl (C=O) groups excluding carboxylic acids is 1. The van der Waals surface area contributed by atoms with Crippen LogP contribution in [0.4, 0.5) is 4.79 Å². The number of thioether (sulfide) groups is 1. The van der Waals surface area contributed by atoms with Gasteiger partial charge in [0, 0.05) is 25.0 Å². The topological polar surface area (TPSA) is 52.6 Å². The van der Waals surface area contributed by atoms with Gasteiger partial charge in [0.2, 0.25) is 0 Å². The molecule has 0 aliphatic heterocycles. The molecule has 4 nitrogen and oxygen atoms in total. The van der Waals surface area contributed by atoms with Crippen LogP contribution in [0.3, 0.4) is 0 Å². The highest BCUT2D eigenvalue weighted by molar-refractivity contribution is 7.98. The van der Waals surface area contributed by atoms with Crippen LogP contribution in [0.25, 0.3) is 0 Å². The van der Waals surface area contributed by atoms with E-state index in [9.17, 15) is 9.90 Å². The van der Waals surface area contributed by atoms with E-state index in [2.05, 4.69) is 5.32 Å². The Morgan fingerprint density at radius 2 is 2.05 bits per heavy atom. The summed E-state index contributed by atoms with van der Waals surface area (Å²) < 4.78 is 0. The third-order valence-electron chi connectivity index (χ3n) is 2.83. The normalized spacial score (nSPS) is 12.0. The van der Waals surface area contributed by atoms with Crippen LogP contribution in [0, 0.1) is 0 Å². The summed E-state index contributed by atoms with van der Waals surface area (Å²) in [5.41, 5.74) is 1.08. The van der Waals surface area contributed by atoms with Crippen molar-refractivity contribution in [3.63, 3.8) is 0 Å². The van der Waals surface area contributed by atoms with E-state index in [0.717, 1.165) is 5.56 Å². The van der Waals surface area contributed by atoms with Gasteiger partial charge in [0.1, 0.15) is 0 Å². The van der Waals surface area contributed by atoms with E-state index >= 15 is 0 Å². The second-order valence-corrected chi connectivity index (χ2v) is 5.45. The van der Waals surface area contributed by atoms with Gasteiger partial charge in [0.05, 0.1) is 6.10 Å². The quantitative estimate of drug-likeness (QED) is 0.787. The van der Waals surface area contributed by atoms with E-state index in [4.69, 9.17) is 0 Å². The number of urea groups is 1. The van der Waals surface area contributed by atoms with E-state index in [0.29, 0.717) is 19.5 Å². The Kier molecular flexibility index (Phi) is 6.73. The van der Waals surface area contributed by atoms with E-state index < -0.39 is 0 Å². The Hall–Kier alpha value is -1.20. The van der Waals surface area contributed by atoms with Gasteiger partial charge in [-0.3, -0.25) is 0 Å². The zero-order chi connectivity index (χ0) is 14.3. The third-order valence-corrected chi connectivity index (χ3v) is 3.58. The number of carbonyl (C=O) groups is 1. The zero-order valence-electron chi connectivity index (χ0n) is 11.7. The summed E-state index contributed by atoms with van der Waals surface area (Å²) in [6.07, 6.45) is 2.24. The zero-order valence-corrected chi connectivity index (χ0v) is 12.5. The van der Waals surface area contributed by atoms with Crippen molar-refractivity contribution in [1.29, 1.82) is 0 Å². The van der Waals surface area contributed by atoms with Gasteiger partial charge in [-0.1, -0.05) is 12.1 Å². The molecule has 0 saturated carbocycles. The van der Waals surface area contributed by atoms with Crippen molar-refractivity contribution in [2.24, 2.45) is 0 Å². The average molecular weight is 282 g/mol. The smallest absolute Gasteiger partial charge is 0.317 e. The van der Waals surface area contributed by atoms with Crippen LogP contribution in [0.15, 0.2) is 29.2 Å². The molecule has 0 bridgehead atoms. The van der Waals surface area contributed by atoms with Gasteiger partial charge in [0.15, 0.2) is 0 Å². The second kappa shape index (κ2) is 8.07. The first-order valence-corrected chi connectivity index (χ1v) is 7.55. The van der Waals surface area contributed by atoms with Crippen LogP contribution in [0.5, 0.6) is 0 Å². The van der Waals surface area contributed by atoms with Crippen molar-refractivity contribution in [2.45, 2.75) is 30.9 Å². The average Bonchev–Trinajstić information content (AvgIpc) is 2.42. The molecule has 0 aliphatic rings. The molecule has 0 spiro atoms. The number of aliphatic hydroxyl groups is 1. The highest BCUT2D eigenvalue weighted by Gasteiger charge is 2.08. The minimum atomic E-state index is -0.380. The Labute approximate surface area is 119 Å². The lowest BCUT2D eigenvalue weighted by Gasteiger charge is -2.18. The first-order valence-electron chi connectivity index (χ1n) is 6.33. The number of aliphatic hydroxyl groups excluding tert-OH is 1. The number of amides is 2. The Balaban J connectivity index is 2.36.